The Bertz CT molecular complexity index is 762. The van der Waals surface area contributed by atoms with Crippen LogP contribution in [-0.2, 0) is 0 Å². The Morgan fingerprint density at radius 3 is 2.60 bits per heavy atom. The van der Waals surface area contributed by atoms with E-state index in [2.05, 4.69) is 23.0 Å². The van der Waals surface area contributed by atoms with Crippen LogP contribution in [0.3, 0.4) is 0 Å². The van der Waals surface area contributed by atoms with Crippen molar-refractivity contribution >= 4 is 11.0 Å². The van der Waals surface area contributed by atoms with Gasteiger partial charge in [0, 0.05) is 6.07 Å². The van der Waals surface area contributed by atoms with Crippen LogP contribution in [-0.4, -0.2) is 24.2 Å². The zero-order valence-electron chi connectivity index (χ0n) is 11.7. The molecule has 0 aliphatic carbocycles. The maximum atomic E-state index is 5.43. The predicted molar refractivity (Wildman–Crippen MR) is 79.4 cm³/mol. The molecular formula is C16H16N2O2. The number of aromatic nitrogens is 2. The van der Waals surface area contributed by atoms with Gasteiger partial charge in [-0.15, -0.1) is 0 Å². The lowest BCUT2D eigenvalue weighted by Crippen LogP contribution is -1.91. The first-order valence-electron chi connectivity index (χ1n) is 6.40. The standard InChI is InChI=1S/C16H16N2O2/c1-10-5-4-6-13-15(10)18-16(17-13)12-8-7-11(19-2)9-14(12)20-3/h4-9H,1-3H3,(H,17,18). The van der Waals surface area contributed by atoms with Gasteiger partial charge in [0.1, 0.15) is 17.3 Å². The van der Waals surface area contributed by atoms with Crippen molar-refractivity contribution in [1.29, 1.82) is 0 Å². The second kappa shape index (κ2) is 4.89. The summed E-state index contributed by atoms with van der Waals surface area (Å²) in [4.78, 5) is 8.00. The first kappa shape index (κ1) is 12.5. The number of hydrogen-bond donors (Lipinski definition) is 1. The highest BCUT2D eigenvalue weighted by atomic mass is 16.5. The highest BCUT2D eigenvalue weighted by Gasteiger charge is 2.12. The number of rotatable bonds is 3. The lowest BCUT2D eigenvalue weighted by Gasteiger charge is -2.08. The second-order valence-corrected chi connectivity index (χ2v) is 4.62. The Morgan fingerprint density at radius 1 is 1.05 bits per heavy atom. The molecule has 0 bridgehead atoms. The number of hydrogen-bond acceptors (Lipinski definition) is 3. The monoisotopic (exact) mass is 268 g/mol. The molecule has 4 nitrogen and oxygen atoms in total. The minimum Gasteiger partial charge on any atom is -0.497 e. The molecule has 0 aliphatic rings. The number of nitrogens with zero attached hydrogens (tertiary/aromatic N) is 1. The van der Waals surface area contributed by atoms with E-state index in [1.165, 1.54) is 0 Å². The predicted octanol–water partition coefficient (Wildman–Crippen LogP) is 3.56. The van der Waals surface area contributed by atoms with Gasteiger partial charge in [-0.05, 0) is 30.7 Å². The summed E-state index contributed by atoms with van der Waals surface area (Å²) < 4.78 is 10.6. The van der Waals surface area contributed by atoms with Crippen LogP contribution in [0.2, 0.25) is 0 Å². The van der Waals surface area contributed by atoms with Gasteiger partial charge in [-0.25, -0.2) is 4.98 Å². The molecule has 4 heteroatoms. The lowest BCUT2D eigenvalue weighted by molar-refractivity contribution is 0.395. The summed E-state index contributed by atoms with van der Waals surface area (Å²) in [7, 11) is 3.28. The molecule has 0 radical (unpaired) electrons. The zero-order valence-corrected chi connectivity index (χ0v) is 11.7. The van der Waals surface area contributed by atoms with Crippen molar-refractivity contribution in [2.24, 2.45) is 0 Å². The molecular weight excluding hydrogens is 252 g/mol. The van der Waals surface area contributed by atoms with Crippen LogP contribution in [0.25, 0.3) is 22.4 Å². The fourth-order valence-corrected chi connectivity index (χ4v) is 2.30. The average Bonchev–Trinajstić information content (AvgIpc) is 2.92. The van der Waals surface area contributed by atoms with Crippen molar-refractivity contribution in [2.75, 3.05) is 14.2 Å². The van der Waals surface area contributed by atoms with Gasteiger partial charge < -0.3 is 14.5 Å². The second-order valence-electron chi connectivity index (χ2n) is 4.62. The summed E-state index contributed by atoms with van der Waals surface area (Å²) in [5, 5.41) is 0. The minimum absolute atomic E-state index is 0.737. The van der Waals surface area contributed by atoms with E-state index in [4.69, 9.17) is 9.47 Å². The van der Waals surface area contributed by atoms with E-state index in [0.717, 1.165) is 39.5 Å². The first-order chi connectivity index (χ1) is 9.72. The van der Waals surface area contributed by atoms with E-state index in [0.29, 0.717) is 0 Å². The van der Waals surface area contributed by atoms with Gasteiger partial charge in [-0.1, -0.05) is 12.1 Å². The molecule has 1 N–H and O–H groups in total. The number of methoxy groups -OCH3 is 2. The van der Waals surface area contributed by atoms with E-state index in [1.807, 2.05) is 30.3 Å². The van der Waals surface area contributed by atoms with Crippen LogP contribution >= 0.6 is 0 Å². The van der Waals surface area contributed by atoms with Gasteiger partial charge in [0.15, 0.2) is 0 Å². The zero-order chi connectivity index (χ0) is 14.1. The van der Waals surface area contributed by atoms with E-state index >= 15 is 0 Å². The summed E-state index contributed by atoms with van der Waals surface area (Å²) in [6.45, 7) is 2.05. The molecule has 3 rings (SSSR count). The number of ether oxygens (including phenoxy) is 2. The summed E-state index contributed by atoms with van der Waals surface area (Å²) in [5.41, 5.74) is 4.08. The summed E-state index contributed by atoms with van der Waals surface area (Å²) in [5.74, 6) is 2.30. The molecule has 0 saturated heterocycles. The summed E-state index contributed by atoms with van der Waals surface area (Å²) in [6.07, 6.45) is 0. The van der Waals surface area contributed by atoms with Gasteiger partial charge >= 0.3 is 0 Å². The molecule has 2 aromatic carbocycles. The summed E-state index contributed by atoms with van der Waals surface area (Å²) in [6, 6.07) is 11.8. The number of H-pyrrole nitrogens is 1. The Kier molecular flexibility index (Phi) is 3.06. The molecule has 1 aromatic heterocycles. The number of imidazole rings is 1. The normalized spacial score (nSPS) is 10.8. The molecule has 102 valence electrons. The maximum Gasteiger partial charge on any atom is 0.142 e. The van der Waals surface area contributed by atoms with Crippen molar-refractivity contribution in [1.82, 2.24) is 9.97 Å². The molecule has 0 fully saturated rings. The number of fused-ring (bicyclic) bond motifs is 1. The lowest BCUT2D eigenvalue weighted by atomic mass is 10.2. The number of aryl methyl sites for hydroxylation is 1. The van der Waals surface area contributed by atoms with Crippen molar-refractivity contribution in [3.63, 3.8) is 0 Å². The largest absolute Gasteiger partial charge is 0.497 e. The quantitative estimate of drug-likeness (QED) is 0.790. The Hall–Kier alpha value is -2.49. The van der Waals surface area contributed by atoms with E-state index < -0.39 is 0 Å². The van der Waals surface area contributed by atoms with Crippen molar-refractivity contribution < 1.29 is 9.47 Å². The molecule has 3 aromatic rings. The van der Waals surface area contributed by atoms with Gasteiger partial charge in [0.2, 0.25) is 0 Å². The molecule has 0 atom stereocenters. The third-order valence-electron chi connectivity index (χ3n) is 3.38. The Labute approximate surface area is 117 Å². The van der Waals surface area contributed by atoms with E-state index in [-0.39, 0.29) is 0 Å². The van der Waals surface area contributed by atoms with E-state index in [1.54, 1.807) is 14.2 Å². The molecule has 1 heterocycles. The van der Waals surface area contributed by atoms with Gasteiger partial charge in [-0.3, -0.25) is 0 Å². The van der Waals surface area contributed by atoms with Crippen molar-refractivity contribution in [3.05, 3.63) is 42.0 Å². The van der Waals surface area contributed by atoms with Gasteiger partial charge in [-0.2, -0.15) is 0 Å². The molecule has 0 aliphatic heterocycles. The molecule has 0 unspecified atom stereocenters. The third-order valence-corrected chi connectivity index (χ3v) is 3.38. The van der Waals surface area contributed by atoms with Crippen molar-refractivity contribution in [3.8, 4) is 22.9 Å². The molecule has 20 heavy (non-hydrogen) atoms. The van der Waals surface area contributed by atoms with Gasteiger partial charge in [0.25, 0.3) is 0 Å². The maximum absolute atomic E-state index is 5.43. The number of para-hydroxylation sites is 1. The topological polar surface area (TPSA) is 47.1 Å². The van der Waals surface area contributed by atoms with Crippen LogP contribution < -0.4 is 9.47 Å². The van der Waals surface area contributed by atoms with Crippen LogP contribution in [0.4, 0.5) is 0 Å². The number of nitrogens with one attached hydrogen (secondary N) is 1. The molecule has 0 saturated carbocycles. The molecule has 0 spiro atoms. The number of aromatic amines is 1. The highest BCUT2D eigenvalue weighted by Crippen LogP contribution is 2.33. The van der Waals surface area contributed by atoms with E-state index in [9.17, 15) is 0 Å². The van der Waals surface area contributed by atoms with Crippen LogP contribution in [0.1, 0.15) is 5.56 Å². The minimum atomic E-state index is 0.737. The Morgan fingerprint density at radius 2 is 1.90 bits per heavy atom. The molecule has 0 amide bonds. The average molecular weight is 268 g/mol. The fraction of sp³-hybridized carbons (Fsp3) is 0.188. The van der Waals surface area contributed by atoms with Crippen LogP contribution in [0, 0.1) is 6.92 Å². The Balaban J connectivity index is 2.17. The highest BCUT2D eigenvalue weighted by molar-refractivity contribution is 5.83. The third kappa shape index (κ3) is 1.99. The smallest absolute Gasteiger partial charge is 0.142 e. The first-order valence-corrected chi connectivity index (χ1v) is 6.40. The van der Waals surface area contributed by atoms with Gasteiger partial charge in [0.05, 0.1) is 30.8 Å². The van der Waals surface area contributed by atoms with Crippen LogP contribution in [0.15, 0.2) is 36.4 Å². The summed E-state index contributed by atoms with van der Waals surface area (Å²) >= 11 is 0. The SMILES string of the molecule is COc1ccc(-c2nc3c(C)cccc3[nH]2)c(OC)c1. The number of benzene rings is 2. The van der Waals surface area contributed by atoms with Crippen molar-refractivity contribution in [2.45, 2.75) is 6.92 Å². The van der Waals surface area contributed by atoms with Crippen LogP contribution in [0.5, 0.6) is 11.5 Å². The fourth-order valence-electron chi connectivity index (χ4n) is 2.30.